The normalized spacial score (nSPS) is 13.9. The number of carbonyl (C=O) groups is 1. The fraction of sp³-hybridized carbons (Fsp3) is 0.111. The molecule has 1 aliphatic carbocycles. The van der Waals surface area contributed by atoms with Gasteiger partial charge in [-0.25, -0.2) is 9.78 Å². The van der Waals surface area contributed by atoms with E-state index in [4.69, 9.17) is 32.9 Å². The number of hydrogen-bond acceptors (Lipinski definition) is 4. The molecule has 4 nitrogen and oxygen atoms in total. The van der Waals surface area contributed by atoms with Crippen molar-refractivity contribution in [2.75, 3.05) is 0 Å². The third-order valence-electron chi connectivity index (χ3n) is 5.75. The van der Waals surface area contributed by atoms with Crippen LogP contribution in [0.3, 0.4) is 0 Å². The van der Waals surface area contributed by atoms with Crippen LogP contribution in [0.4, 0.5) is 0 Å². The SMILES string of the molecule is O=C(OCc1ccc(Cl)cc1Cl)c1c2c(nc3ccccc13)/C(=C/c1ccc(O)cc1)CC2. The summed E-state index contributed by atoms with van der Waals surface area (Å²) in [6.07, 6.45) is 3.52. The number of phenolic OH excluding ortho intramolecular Hbond substituents is 1. The van der Waals surface area contributed by atoms with Crippen molar-refractivity contribution in [2.45, 2.75) is 19.4 Å². The number of aromatic nitrogens is 1. The number of phenols is 1. The highest BCUT2D eigenvalue weighted by molar-refractivity contribution is 6.35. The summed E-state index contributed by atoms with van der Waals surface area (Å²) < 4.78 is 5.69. The molecule has 4 aromatic rings. The van der Waals surface area contributed by atoms with Crippen LogP contribution in [-0.2, 0) is 17.8 Å². The van der Waals surface area contributed by atoms with Gasteiger partial charge in [0.2, 0.25) is 0 Å². The maximum Gasteiger partial charge on any atom is 0.339 e. The fourth-order valence-electron chi connectivity index (χ4n) is 4.14. The molecule has 1 heterocycles. The minimum Gasteiger partial charge on any atom is -0.508 e. The molecule has 0 atom stereocenters. The molecule has 1 N–H and O–H groups in total. The highest BCUT2D eigenvalue weighted by Gasteiger charge is 2.27. The third-order valence-corrected chi connectivity index (χ3v) is 6.34. The molecule has 0 unspecified atom stereocenters. The number of halogens is 2. The van der Waals surface area contributed by atoms with Crippen molar-refractivity contribution in [1.29, 1.82) is 0 Å². The van der Waals surface area contributed by atoms with Crippen LogP contribution < -0.4 is 0 Å². The number of ether oxygens (including phenoxy) is 1. The minimum absolute atomic E-state index is 0.0520. The quantitative estimate of drug-likeness (QED) is 0.320. The van der Waals surface area contributed by atoms with Crippen molar-refractivity contribution < 1.29 is 14.6 Å². The number of rotatable bonds is 4. The molecular formula is C27H19Cl2NO3. The first-order valence-corrected chi connectivity index (χ1v) is 11.3. The molecule has 6 heteroatoms. The number of hydrogen-bond donors (Lipinski definition) is 1. The maximum absolute atomic E-state index is 13.3. The molecule has 0 radical (unpaired) electrons. The minimum atomic E-state index is -0.401. The largest absolute Gasteiger partial charge is 0.508 e. The van der Waals surface area contributed by atoms with Crippen molar-refractivity contribution in [2.24, 2.45) is 0 Å². The Balaban J connectivity index is 1.53. The Kier molecular flexibility index (Phi) is 5.79. The number of para-hydroxylation sites is 1. The Hall–Kier alpha value is -3.34. The predicted octanol–water partition coefficient (Wildman–Crippen LogP) is 7.09. The van der Waals surface area contributed by atoms with E-state index in [1.807, 2.05) is 36.4 Å². The van der Waals surface area contributed by atoms with E-state index in [9.17, 15) is 9.90 Å². The second-order valence-corrected chi connectivity index (χ2v) is 8.75. The van der Waals surface area contributed by atoms with E-state index in [1.54, 1.807) is 30.3 Å². The van der Waals surface area contributed by atoms with Gasteiger partial charge in [0, 0.05) is 21.0 Å². The number of allylic oxidation sites excluding steroid dienone is 1. The lowest BCUT2D eigenvalue weighted by Gasteiger charge is -2.13. The Morgan fingerprint density at radius 2 is 1.82 bits per heavy atom. The molecule has 0 saturated carbocycles. The van der Waals surface area contributed by atoms with Gasteiger partial charge in [0.05, 0.1) is 16.8 Å². The first kappa shape index (κ1) is 21.5. The van der Waals surface area contributed by atoms with Gasteiger partial charge in [-0.2, -0.15) is 0 Å². The highest BCUT2D eigenvalue weighted by Crippen LogP contribution is 2.38. The summed E-state index contributed by atoms with van der Waals surface area (Å²) in [6.45, 7) is 0.0520. The summed E-state index contributed by atoms with van der Waals surface area (Å²) in [5.41, 5.74) is 5.71. The topological polar surface area (TPSA) is 59.4 Å². The molecule has 1 aromatic heterocycles. The number of pyridine rings is 1. The van der Waals surface area contributed by atoms with E-state index in [0.29, 0.717) is 27.6 Å². The second kappa shape index (κ2) is 8.89. The predicted molar refractivity (Wildman–Crippen MR) is 132 cm³/mol. The summed E-state index contributed by atoms with van der Waals surface area (Å²) >= 11 is 12.2. The number of fused-ring (bicyclic) bond motifs is 2. The van der Waals surface area contributed by atoms with Crippen molar-refractivity contribution in [3.8, 4) is 5.75 Å². The average molecular weight is 476 g/mol. The zero-order valence-corrected chi connectivity index (χ0v) is 19.0. The number of aromatic hydroxyl groups is 1. The van der Waals surface area contributed by atoms with E-state index in [-0.39, 0.29) is 12.4 Å². The molecule has 0 bridgehead atoms. The first-order chi connectivity index (χ1) is 16.0. The maximum atomic E-state index is 13.3. The lowest BCUT2D eigenvalue weighted by Crippen LogP contribution is -2.10. The van der Waals surface area contributed by atoms with Gasteiger partial charge in [-0.05, 0) is 65.9 Å². The Morgan fingerprint density at radius 3 is 2.61 bits per heavy atom. The van der Waals surface area contributed by atoms with Crippen molar-refractivity contribution >= 4 is 51.7 Å². The molecule has 1 aliphatic rings. The molecule has 0 spiro atoms. The van der Waals surface area contributed by atoms with Crippen molar-refractivity contribution in [3.05, 3.63) is 105 Å². The van der Waals surface area contributed by atoms with Crippen LogP contribution in [-0.4, -0.2) is 16.1 Å². The summed E-state index contributed by atoms with van der Waals surface area (Å²) in [4.78, 5) is 18.2. The molecule has 3 aromatic carbocycles. The molecule has 33 heavy (non-hydrogen) atoms. The van der Waals surface area contributed by atoms with Crippen LogP contribution >= 0.6 is 23.2 Å². The van der Waals surface area contributed by atoms with Crippen LogP contribution in [0.5, 0.6) is 5.75 Å². The molecule has 164 valence electrons. The van der Waals surface area contributed by atoms with E-state index in [2.05, 4.69) is 6.08 Å². The van der Waals surface area contributed by atoms with E-state index in [1.165, 1.54) is 0 Å². The Bertz CT molecular complexity index is 1410. The summed E-state index contributed by atoms with van der Waals surface area (Å²) in [5.74, 6) is -0.180. The smallest absolute Gasteiger partial charge is 0.339 e. The average Bonchev–Trinajstić information content (AvgIpc) is 3.20. The van der Waals surface area contributed by atoms with Crippen molar-refractivity contribution in [3.63, 3.8) is 0 Å². The number of benzene rings is 3. The van der Waals surface area contributed by atoms with Gasteiger partial charge in [-0.15, -0.1) is 0 Å². The molecule has 0 fully saturated rings. The van der Waals surface area contributed by atoms with Gasteiger partial charge >= 0.3 is 5.97 Å². The van der Waals surface area contributed by atoms with Gasteiger partial charge in [0.15, 0.2) is 0 Å². The number of carbonyl (C=O) groups excluding carboxylic acids is 1. The van der Waals surface area contributed by atoms with Gasteiger partial charge in [0.1, 0.15) is 12.4 Å². The molecule has 0 saturated heterocycles. The monoisotopic (exact) mass is 475 g/mol. The summed E-state index contributed by atoms with van der Waals surface area (Å²) in [6, 6.07) is 19.7. The fourth-order valence-corrected chi connectivity index (χ4v) is 4.60. The molecular weight excluding hydrogens is 457 g/mol. The molecule has 0 aliphatic heterocycles. The number of esters is 1. The summed E-state index contributed by atoms with van der Waals surface area (Å²) in [5, 5.41) is 11.3. The van der Waals surface area contributed by atoms with Gasteiger partial charge in [-0.1, -0.05) is 59.6 Å². The van der Waals surface area contributed by atoms with Crippen LogP contribution in [0.1, 0.15) is 39.2 Å². The van der Waals surface area contributed by atoms with Gasteiger partial charge in [-0.3, -0.25) is 0 Å². The Morgan fingerprint density at radius 1 is 1.03 bits per heavy atom. The number of nitrogens with zero attached hydrogens (tertiary/aromatic N) is 1. The van der Waals surface area contributed by atoms with Gasteiger partial charge < -0.3 is 9.84 Å². The van der Waals surface area contributed by atoms with Crippen molar-refractivity contribution in [1.82, 2.24) is 4.98 Å². The summed E-state index contributed by atoms with van der Waals surface area (Å²) in [7, 11) is 0. The van der Waals surface area contributed by atoms with Gasteiger partial charge in [0.25, 0.3) is 0 Å². The zero-order valence-electron chi connectivity index (χ0n) is 17.5. The standard InChI is InChI=1S/C27H19Cl2NO3/c28-19-9-7-18(23(29)14-19)15-33-27(32)25-21-3-1-2-4-24(21)30-26-17(8-12-22(25)26)13-16-5-10-20(31)11-6-16/h1-7,9-11,13-14,31H,8,12,15H2/b17-13+. The Labute approximate surface area is 201 Å². The lowest BCUT2D eigenvalue weighted by molar-refractivity contribution is 0.0474. The van der Waals surface area contributed by atoms with Crippen LogP contribution in [0.15, 0.2) is 66.7 Å². The van der Waals surface area contributed by atoms with E-state index < -0.39 is 5.97 Å². The highest BCUT2D eigenvalue weighted by atomic mass is 35.5. The third kappa shape index (κ3) is 4.32. The lowest BCUT2D eigenvalue weighted by atomic mass is 10.0. The van der Waals surface area contributed by atoms with Crippen LogP contribution in [0, 0.1) is 0 Å². The zero-order chi connectivity index (χ0) is 22.9. The van der Waals surface area contributed by atoms with E-state index in [0.717, 1.165) is 39.7 Å². The molecule has 0 amide bonds. The van der Waals surface area contributed by atoms with Crippen LogP contribution in [0.2, 0.25) is 10.0 Å². The van der Waals surface area contributed by atoms with Crippen LogP contribution in [0.25, 0.3) is 22.6 Å². The molecule has 5 rings (SSSR count). The first-order valence-electron chi connectivity index (χ1n) is 10.5. The van der Waals surface area contributed by atoms with E-state index >= 15 is 0 Å². The second-order valence-electron chi connectivity index (χ2n) is 7.90.